The second-order valence-corrected chi connectivity index (χ2v) is 5.29. The summed E-state index contributed by atoms with van der Waals surface area (Å²) in [5, 5.41) is 14.3. The summed E-state index contributed by atoms with van der Waals surface area (Å²) in [6.45, 7) is 2.69. The van der Waals surface area contributed by atoms with Gasteiger partial charge in [-0.05, 0) is 25.1 Å². The third-order valence-corrected chi connectivity index (χ3v) is 3.87. The van der Waals surface area contributed by atoms with E-state index in [-0.39, 0.29) is 0 Å². The highest BCUT2D eigenvalue weighted by molar-refractivity contribution is 6.33. The Balaban J connectivity index is 2.19. The van der Waals surface area contributed by atoms with E-state index in [1.807, 2.05) is 41.8 Å². The summed E-state index contributed by atoms with van der Waals surface area (Å²) in [5.41, 5.74) is 2.47. The number of fused-ring (bicyclic) bond motifs is 3. The first-order chi connectivity index (χ1) is 10.3. The van der Waals surface area contributed by atoms with E-state index in [9.17, 15) is 0 Å². The van der Waals surface area contributed by atoms with E-state index < -0.39 is 0 Å². The van der Waals surface area contributed by atoms with Crippen LogP contribution in [0.3, 0.4) is 0 Å². The van der Waals surface area contributed by atoms with Gasteiger partial charge in [-0.2, -0.15) is 0 Å². The monoisotopic (exact) mass is 297 g/mol. The lowest BCUT2D eigenvalue weighted by molar-refractivity contribution is 0.945. The van der Waals surface area contributed by atoms with Crippen molar-refractivity contribution in [3.8, 4) is 11.4 Å². The minimum Gasteiger partial charge on any atom is -0.386 e. The third kappa shape index (κ3) is 1.81. The van der Waals surface area contributed by atoms with Gasteiger partial charge < -0.3 is 5.32 Å². The highest BCUT2D eigenvalue weighted by Crippen LogP contribution is 2.25. The first kappa shape index (κ1) is 12.3. The summed E-state index contributed by atoms with van der Waals surface area (Å²) in [4.78, 5) is 4.57. The van der Waals surface area contributed by atoms with Gasteiger partial charge in [0.05, 0.1) is 16.1 Å². The van der Waals surface area contributed by atoms with E-state index in [0.29, 0.717) is 5.02 Å². The Labute approximate surface area is 125 Å². The Bertz CT molecular complexity index is 974. The van der Waals surface area contributed by atoms with Crippen molar-refractivity contribution < 1.29 is 0 Å². The highest BCUT2D eigenvalue weighted by atomic mass is 35.5. The van der Waals surface area contributed by atoms with Gasteiger partial charge in [0.25, 0.3) is 0 Å². The Morgan fingerprint density at radius 2 is 2.10 bits per heavy atom. The van der Waals surface area contributed by atoms with Crippen molar-refractivity contribution in [2.45, 2.75) is 6.92 Å². The molecule has 0 saturated carbocycles. The van der Waals surface area contributed by atoms with Gasteiger partial charge in [0.15, 0.2) is 11.5 Å². The van der Waals surface area contributed by atoms with Crippen LogP contribution < -0.4 is 16.0 Å². The van der Waals surface area contributed by atoms with Crippen molar-refractivity contribution >= 4 is 29.5 Å². The first-order valence-corrected chi connectivity index (χ1v) is 7.04. The maximum Gasteiger partial charge on any atom is 0.183 e. The van der Waals surface area contributed by atoms with Gasteiger partial charge in [0.2, 0.25) is 0 Å². The van der Waals surface area contributed by atoms with Crippen LogP contribution in [0.25, 0.3) is 29.3 Å². The molecule has 21 heavy (non-hydrogen) atoms. The molecule has 6 heteroatoms. The lowest BCUT2D eigenvalue weighted by atomic mass is 10.2. The highest BCUT2D eigenvalue weighted by Gasteiger charge is 2.15. The summed E-state index contributed by atoms with van der Waals surface area (Å²) in [7, 11) is 0. The van der Waals surface area contributed by atoms with Gasteiger partial charge >= 0.3 is 0 Å². The third-order valence-electron chi connectivity index (χ3n) is 3.54. The lowest BCUT2D eigenvalue weighted by Gasteiger charge is -2.08. The zero-order valence-electron chi connectivity index (χ0n) is 11.3. The second kappa shape index (κ2) is 4.56. The van der Waals surface area contributed by atoms with Crippen LogP contribution in [0.2, 0.25) is 5.02 Å². The summed E-state index contributed by atoms with van der Waals surface area (Å²) in [6, 6.07) is 7.66. The van der Waals surface area contributed by atoms with E-state index >= 15 is 0 Å². The lowest BCUT2D eigenvalue weighted by Crippen LogP contribution is -2.41. The SMILES string of the molecule is Cc1nc2c(n3c(-c4ccccc4Cl)nnc13)=CCNC=2. The minimum atomic E-state index is 0.660. The predicted octanol–water partition coefficient (Wildman–Crippen LogP) is 0.875. The zero-order valence-corrected chi connectivity index (χ0v) is 12.1. The van der Waals surface area contributed by atoms with E-state index in [2.05, 4.69) is 26.6 Å². The van der Waals surface area contributed by atoms with Gasteiger partial charge in [0, 0.05) is 18.3 Å². The summed E-state index contributed by atoms with van der Waals surface area (Å²) in [6.07, 6.45) is 4.00. The molecule has 4 rings (SSSR count). The molecule has 2 aromatic heterocycles. The molecular weight excluding hydrogens is 286 g/mol. The van der Waals surface area contributed by atoms with Crippen molar-refractivity contribution in [3.63, 3.8) is 0 Å². The van der Waals surface area contributed by atoms with Crippen molar-refractivity contribution in [2.75, 3.05) is 6.54 Å². The number of halogens is 1. The zero-order chi connectivity index (χ0) is 14.4. The number of nitrogens with one attached hydrogen (secondary N) is 1. The molecule has 0 fully saturated rings. The maximum absolute atomic E-state index is 6.31. The van der Waals surface area contributed by atoms with Gasteiger partial charge in [0.1, 0.15) is 5.35 Å². The topological polar surface area (TPSA) is 55.1 Å². The molecule has 104 valence electrons. The molecule has 1 N–H and O–H groups in total. The minimum absolute atomic E-state index is 0.660. The average Bonchev–Trinajstić information content (AvgIpc) is 2.93. The Hall–Kier alpha value is -2.40. The van der Waals surface area contributed by atoms with Crippen LogP contribution >= 0.6 is 11.6 Å². The van der Waals surface area contributed by atoms with Crippen LogP contribution in [0.15, 0.2) is 24.3 Å². The first-order valence-electron chi connectivity index (χ1n) is 6.66. The molecular formula is C15H12ClN5. The van der Waals surface area contributed by atoms with Crippen LogP contribution in [-0.4, -0.2) is 26.1 Å². The molecule has 0 unspecified atom stereocenters. The van der Waals surface area contributed by atoms with E-state index in [4.69, 9.17) is 11.6 Å². The fourth-order valence-electron chi connectivity index (χ4n) is 2.58. The fourth-order valence-corrected chi connectivity index (χ4v) is 2.80. The van der Waals surface area contributed by atoms with Crippen LogP contribution in [0.5, 0.6) is 0 Å². The van der Waals surface area contributed by atoms with Crippen molar-refractivity contribution in [1.29, 1.82) is 0 Å². The molecule has 5 nitrogen and oxygen atoms in total. The smallest absolute Gasteiger partial charge is 0.183 e. The van der Waals surface area contributed by atoms with E-state index in [0.717, 1.165) is 40.0 Å². The number of nitrogens with zero attached hydrogens (tertiary/aromatic N) is 4. The molecule has 1 aromatic carbocycles. The molecule has 1 aliphatic heterocycles. The molecule has 0 saturated heterocycles. The van der Waals surface area contributed by atoms with Crippen molar-refractivity contribution in [3.05, 3.63) is 45.7 Å². The number of hydrogen-bond acceptors (Lipinski definition) is 4. The molecule has 3 heterocycles. The normalized spacial score (nSPS) is 13.2. The molecule has 3 aromatic rings. The number of aromatic nitrogens is 4. The molecule has 1 aliphatic rings. The fraction of sp³-hybridized carbons (Fsp3) is 0.133. The largest absolute Gasteiger partial charge is 0.386 e. The Morgan fingerprint density at radius 1 is 1.24 bits per heavy atom. The van der Waals surface area contributed by atoms with Crippen molar-refractivity contribution in [1.82, 2.24) is 24.9 Å². The van der Waals surface area contributed by atoms with Gasteiger partial charge in [-0.1, -0.05) is 23.7 Å². The Morgan fingerprint density at radius 3 is 2.95 bits per heavy atom. The molecule has 0 spiro atoms. The molecule has 0 atom stereocenters. The summed E-state index contributed by atoms with van der Waals surface area (Å²) >= 11 is 6.31. The second-order valence-electron chi connectivity index (χ2n) is 4.89. The average molecular weight is 298 g/mol. The number of benzene rings is 1. The standard InChI is InChI=1S/C15H12ClN5/c1-9-14-19-20-15(10-4-2-3-5-11(10)16)21(14)13-6-7-17-8-12(13)18-9/h2-6,8,17H,7H2,1H3. The Kier molecular flexibility index (Phi) is 2.68. The van der Waals surface area contributed by atoms with E-state index in [1.54, 1.807) is 0 Å². The maximum atomic E-state index is 6.31. The van der Waals surface area contributed by atoms with Crippen LogP contribution in [0, 0.1) is 6.92 Å². The molecule has 0 radical (unpaired) electrons. The summed E-state index contributed by atoms with van der Waals surface area (Å²) in [5.74, 6) is 0.740. The molecule has 0 aliphatic carbocycles. The van der Waals surface area contributed by atoms with Gasteiger partial charge in [-0.25, -0.2) is 4.98 Å². The van der Waals surface area contributed by atoms with Gasteiger partial charge in [-0.15, -0.1) is 10.2 Å². The van der Waals surface area contributed by atoms with Crippen LogP contribution in [-0.2, 0) is 0 Å². The molecule has 0 amide bonds. The summed E-state index contributed by atoms with van der Waals surface area (Å²) < 4.78 is 2.02. The predicted molar refractivity (Wildman–Crippen MR) is 82.1 cm³/mol. The van der Waals surface area contributed by atoms with E-state index in [1.165, 1.54) is 0 Å². The number of aryl methyl sites for hydroxylation is 1. The van der Waals surface area contributed by atoms with Crippen LogP contribution in [0.4, 0.5) is 0 Å². The molecule has 0 bridgehead atoms. The van der Waals surface area contributed by atoms with Crippen molar-refractivity contribution in [2.24, 2.45) is 0 Å². The van der Waals surface area contributed by atoms with Gasteiger partial charge in [-0.3, -0.25) is 4.40 Å². The quantitative estimate of drug-likeness (QED) is 0.724. The number of hydrogen-bond donors (Lipinski definition) is 1. The van der Waals surface area contributed by atoms with Crippen LogP contribution in [0.1, 0.15) is 5.69 Å². The number of rotatable bonds is 1.